The highest BCUT2D eigenvalue weighted by atomic mass is 32.2. The molecule has 0 amide bonds. The van der Waals surface area contributed by atoms with Gasteiger partial charge >= 0.3 is 0 Å². The molecular formula is C11H15N3S2. The second-order valence-electron chi connectivity index (χ2n) is 3.88. The fraction of sp³-hybridized carbons (Fsp3) is 0.364. The number of hydrogen-bond acceptors (Lipinski definition) is 4. The highest BCUT2D eigenvalue weighted by Gasteiger charge is 2.16. The summed E-state index contributed by atoms with van der Waals surface area (Å²) in [6.07, 6.45) is 0. The minimum Gasteiger partial charge on any atom is -0.395 e. The van der Waals surface area contributed by atoms with Crippen LogP contribution in [-0.2, 0) is 0 Å². The molecule has 2 rings (SSSR count). The van der Waals surface area contributed by atoms with E-state index in [1.165, 1.54) is 4.21 Å². The Bertz CT molecular complexity index is 472. The van der Waals surface area contributed by atoms with Gasteiger partial charge in [0.05, 0.1) is 15.6 Å². The highest BCUT2D eigenvalue weighted by molar-refractivity contribution is 8.01. The monoisotopic (exact) mass is 253 g/mol. The van der Waals surface area contributed by atoms with Gasteiger partial charge in [0.25, 0.3) is 0 Å². The summed E-state index contributed by atoms with van der Waals surface area (Å²) >= 11 is 3.41. The molecule has 5 heteroatoms. The van der Waals surface area contributed by atoms with Crippen molar-refractivity contribution < 1.29 is 0 Å². The van der Waals surface area contributed by atoms with Gasteiger partial charge in [-0.15, -0.1) is 11.3 Å². The van der Waals surface area contributed by atoms with Crippen LogP contribution >= 0.6 is 23.1 Å². The summed E-state index contributed by atoms with van der Waals surface area (Å²) in [5.41, 5.74) is 7.77. The molecule has 0 radical (unpaired) electrons. The smallest absolute Gasteiger partial charge is 0.123 e. The van der Waals surface area contributed by atoms with Crippen molar-refractivity contribution in [2.24, 2.45) is 0 Å². The molecule has 0 fully saturated rings. The van der Waals surface area contributed by atoms with Gasteiger partial charge in [-0.25, -0.2) is 0 Å². The SMILES string of the molecule is Cc1nn(C(C)C)c(Sc2cccs2)c1N. The second kappa shape index (κ2) is 4.51. The molecule has 86 valence electrons. The first kappa shape index (κ1) is 11.5. The molecule has 0 saturated heterocycles. The van der Waals surface area contributed by atoms with Crippen LogP contribution in [0.5, 0.6) is 0 Å². The molecule has 0 unspecified atom stereocenters. The van der Waals surface area contributed by atoms with Gasteiger partial charge in [0.15, 0.2) is 0 Å². The van der Waals surface area contributed by atoms with Gasteiger partial charge in [-0.3, -0.25) is 4.68 Å². The van der Waals surface area contributed by atoms with Gasteiger partial charge < -0.3 is 5.73 Å². The van der Waals surface area contributed by atoms with Gasteiger partial charge in [0, 0.05) is 6.04 Å². The first-order valence-corrected chi connectivity index (χ1v) is 6.85. The molecule has 2 aromatic heterocycles. The average Bonchev–Trinajstić information content (AvgIpc) is 2.81. The van der Waals surface area contributed by atoms with E-state index in [2.05, 4.69) is 30.4 Å². The Morgan fingerprint density at radius 1 is 1.50 bits per heavy atom. The van der Waals surface area contributed by atoms with E-state index in [1.54, 1.807) is 23.1 Å². The van der Waals surface area contributed by atoms with Gasteiger partial charge in [-0.2, -0.15) is 5.10 Å². The minimum absolute atomic E-state index is 0.332. The maximum Gasteiger partial charge on any atom is 0.123 e. The molecule has 0 aromatic carbocycles. The zero-order valence-corrected chi connectivity index (χ0v) is 11.2. The van der Waals surface area contributed by atoms with E-state index in [0.717, 1.165) is 16.4 Å². The zero-order chi connectivity index (χ0) is 11.7. The topological polar surface area (TPSA) is 43.8 Å². The molecule has 0 aliphatic carbocycles. The number of anilines is 1. The number of aromatic nitrogens is 2. The summed E-state index contributed by atoms with van der Waals surface area (Å²) in [5.74, 6) is 0. The third-order valence-electron chi connectivity index (χ3n) is 2.27. The van der Waals surface area contributed by atoms with Gasteiger partial charge in [0.1, 0.15) is 5.03 Å². The molecule has 2 aromatic rings. The van der Waals surface area contributed by atoms with Crippen molar-refractivity contribution in [1.29, 1.82) is 0 Å². The summed E-state index contributed by atoms with van der Waals surface area (Å²) in [6.45, 7) is 6.18. The highest BCUT2D eigenvalue weighted by Crippen LogP contribution is 2.37. The third-order valence-corrected chi connectivity index (χ3v) is 4.41. The lowest BCUT2D eigenvalue weighted by Gasteiger charge is -2.09. The van der Waals surface area contributed by atoms with E-state index < -0.39 is 0 Å². The Labute approximate surface area is 104 Å². The number of thiophene rings is 1. The first-order valence-electron chi connectivity index (χ1n) is 5.15. The first-order chi connectivity index (χ1) is 7.59. The van der Waals surface area contributed by atoms with Crippen LogP contribution in [-0.4, -0.2) is 9.78 Å². The van der Waals surface area contributed by atoms with Crippen molar-refractivity contribution in [2.45, 2.75) is 36.0 Å². The molecule has 2 heterocycles. The molecule has 0 bridgehead atoms. The van der Waals surface area contributed by atoms with Crippen LogP contribution < -0.4 is 5.73 Å². The van der Waals surface area contributed by atoms with Crippen LogP contribution in [0.4, 0.5) is 5.69 Å². The van der Waals surface area contributed by atoms with Crippen molar-refractivity contribution in [3.05, 3.63) is 23.2 Å². The van der Waals surface area contributed by atoms with Crippen LogP contribution in [0.3, 0.4) is 0 Å². The third kappa shape index (κ3) is 2.10. The van der Waals surface area contributed by atoms with E-state index in [-0.39, 0.29) is 0 Å². The lowest BCUT2D eigenvalue weighted by atomic mass is 10.4. The van der Waals surface area contributed by atoms with Crippen molar-refractivity contribution in [2.75, 3.05) is 5.73 Å². The van der Waals surface area contributed by atoms with Crippen molar-refractivity contribution in [1.82, 2.24) is 9.78 Å². The van der Waals surface area contributed by atoms with E-state index in [0.29, 0.717) is 6.04 Å². The molecule has 0 spiro atoms. The fourth-order valence-electron chi connectivity index (χ4n) is 1.41. The second-order valence-corrected chi connectivity index (χ2v) is 6.11. The standard InChI is InChI=1S/C11H15N3S2/c1-7(2)14-11(10(12)8(3)13-14)16-9-5-4-6-15-9/h4-7H,12H2,1-3H3. The van der Waals surface area contributed by atoms with Crippen LogP contribution in [0.15, 0.2) is 26.7 Å². The van der Waals surface area contributed by atoms with Crippen LogP contribution in [0.1, 0.15) is 25.6 Å². The van der Waals surface area contributed by atoms with Gasteiger partial charge in [-0.1, -0.05) is 17.8 Å². The Morgan fingerprint density at radius 3 is 2.81 bits per heavy atom. The quantitative estimate of drug-likeness (QED) is 0.909. The summed E-state index contributed by atoms with van der Waals surface area (Å²) in [6, 6.07) is 4.48. The number of nitrogens with two attached hydrogens (primary N) is 1. The molecule has 0 aliphatic rings. The van der Waals surface area contributed by atoms with E-state index >= 15 is 0 Å². The number of aryl methyl sites for hydroxylation is 1. The van der Waals surface area contributed by atoms with Crippen molar-refractivity contribution in [3.63, 3.8) is 0 Å². The Hall–Kier alpha value is -0.940. The predicted molar refractivity (Wildman–Crippen MR) is 70.2 cm³/mol. The molecule has 2 N–H and O–H groups in total. The fourth-order valence-corrected chi connectivity index (χ4v) is 3.39. The lowest BCUT2D eigenvalue weighted by molar-refractivity contribution is 0.491. The molecule has 16 heavy (non-hydrogen) atoms. The molecule has 0 aliphatic heterocycles. The number of nitrogen functional groups attached to an aromatic ring is 1. The molecule has 0 saturated carbocycles. The summed E-state index contributed by atoms with van der Waals surface area (Å²) in [4.78, 5) is 0. The molecule has 3 nitrogen and oxygen atoms in total. The van der Waals surface area contributed by atoms with Gasteiger partial charge in [-0.05, 0) is 32.2 Å². The molecular weight excluding hydrogens is 238 g/mol. The maximum absolute atomic E-state index is 6.06. The van der Waals surface area contributed by atoms with Gasteiger partial charge in [0.2, 0.25) is 0 Å². The van der Waals surface area contributed by atoms with E-state index in [4.69, 9.17) is 5.73 Å². The predicted octanol–water partition coefficient (Wildman–Crippen LogP) is 3.57. The average molecular weight is 253 g/mol. The zero-order valence-electron chi connectivity index (χ0n) is 9.60. The summed E-state index contributed by atoms with van der Waals surface area (Å²) < 4.78 is 3.24. The van der Waals surface area contributed by atoms with Crippen LogP contribution in [0, 0.1) is 6.92 Å². The molecule has 0 atom stereocenters. The van der Waals surface area contributed by atoms with Crippen molar-refractivity contribution >= 4 is 28.8 Å². The Kier molecular flexibility index (Phi) is 3.25. The minimum atomic E-state index is 0.332. The lowest BCUT2D eigenvalue weighted by Crippen LogP contribution is -2.04. The van der Waals surface area contributed by atoms with E-state index in [9.17, 15) is 0 Å². The Morgan fingerprint density at radius 2 is 2.25 bits per heavy atom. The van der Waals surface area contributed by atoms with Crippen LogP contribution in [0.2, 0.25) is 0 Å². The summed E-state index contributed by atoms with van der Waals surface area (Å²) in [7, 11) is 0. The van der Waals surface area contributed by atoms with E-state index in [1.807, 2.05) is 17.7 Å². The summed E-state index contributed by atoms with van der Waals surface area (Å²) in [5, 5.41) is 7.59. The number of rotatable bonds is 3. The number of nitrogens with zero attached hydrogens (tertiary/aromatic N) is 2. The normalized spacial score (nSPS) is 11.2. The maximum atomic E-state index is 6.06. The number of hydrogen-bond donors (Lipinski definition) is 1. The largest absolute Gasteiger partial charge is 0.395 e. The Balaban J connectivity index is 2.38. The van der Waals surface area contributed by atoms with Crippen molar-refractivity contribution in [3.8, 4) is 0 Å². The van der Waals surface area contributed by atoms with Crippen LogP contribution in [0.25, 0.3) is 0 Å².